The van der Waals surface area contributed by atoms with Gasteiger partial charge in [-0.3, -0.25) is 9.59 Å². The van der Waals surface area contributed by atoms with Crippen LogP contribution in [0.5, 0.6) is 5.75 Å². The molecule has 1 unspecified atom stereocenters. The van der Waals surface area contributed by atoms with E-state index in [0.717, 1.165) is 5.56 Å². The molecular weight excluding hydrogens is 454 g/mol. The quantitative estimate of drug-likeness (QED) is 0.702. The molecular formula is C22H24ClN3O5S. The Labute approximate surface area is 191 Å². The molecule has 2 aromatic carbocycles. The van der Waals surface area contributed by atoms with E-state index in [1.807, 2.05) is 6.92 Å². The Kier molecular flexibility index (Phi) is 6.15. The van der Waals surface area contributed by atoms with Crippen LogP contribution in [0.1, 0.15) is 24.0 Å². The number of carbonyl (C=O) groups excluding carboxylic acids is 2. The van der Waals surface area contributed by atoms with Gasteiger partial charge in [0.05, 0.1) is 16.5 Å². The lowest BCUT2D eigenvalue weighted by molar-refractivity contribution is -0.121. The number of sulfonamides is 1. The Bertz CT molecular complexity index is 1200. The van der Waals surface area contributed by atoms with E-state index in [9.17, 15) is 18.0 Å². The van der Waals surface area contributed by atoms with E-state index in [1.165, 1.54) is 10.4 Å². The van der Waals surface area contributed by atoms with Crippen LogP contribution in [-0.4, -0.2) is 44.2 Å². The number of anilines is 2. The fraction of sp³-hybridized carbons (Fsp3) is 0.364. The molecule has 170 valence electrons. The van der Waals surface area contributed by atoms with Crippen molar-refractivity contribution in [2.24, 2.45) is 5.92 Å². The topological polar surface area (TPSA) is 105 Å². The Morgan fingerprint density at radius 3 is 2.84 bits per heavy atom. The van der Waals surface area contributed by atoms with Crippen molar-refractivity contribution in [3.8, 4) is 5.75 Å². The lowest BCUT2D eigenvalue weighted by atomic mass is 9.98. The largest absolute Gasteiger partial charge is 0.482 e. The number of piperidine rings is 1. The van der Waals surface area contributed by atoms with Crippen molar-refractivity contribution in [3.05, 3.63) is 46.5 Å². The lowest BCUT2D eigenvalue weighted by Crippen LogP contribution is -2.44. The third-order valence-electron chi connectivity index (χ3n) is 5.81. The first kappa shape index (κ1) is 22.6. The number of amides is 2. The minimum absolute atomic E-state index is 0.0852. The van der Waals surface area contributed by atoms with Crippen molar-refractivity contribution in [1.29, 1.82) is 0 Å². The second-order valence-corrected chi connectivity index (χ2v) is 10.4. The summed E-state index contributed by atoms with van der Waals surface area (Å²) in [6, 6.07) is 8.31. The number of hydrogen-bond donors (Lipinski definition) is 2. The maximum Gasteiger partial charge on any atom is 0.262 e. The van der Waals surface area contributed by atoms with Crippen molar-refractivity contribution in [2.45, 2.75) is 31.6 Å². The summed E-state index contributed by atoms with van der Waals surface area (Å²) >= 11 is 6.13. The normalized spacial score (nSPS) is 19.0. The van der Waals surface area contributed by atoms with Crippen LogP contribution in [0.25, 0.3) is 0 Å². The zero-order chi connectivity index (χ0) is 23.0. The molecule has 1 fully saturated rings. The second kappa shape index (κ2) is 8.73. The van der Waals surface area contributed by atoms with Gasteiger partial charge in [-0.15, -0.1) is 0 Å². The number of rotatable bonds is 4. The highest BCUT2D eigenvalue weighted by Gasteiger charge is 2.35. The van der Waals surface area contributed by atoms with Gasteiger partial charge < -0.3 is 15.4 Å². The molecule has 2 aromatic rings. The lowest BCUT2D eigenvalue weighted by Gasteiger charge is -2.32. The zero-order valence-electron chi connectivity index (χ0n) is 17.8. The molecule has 0 spiro atoms. The van der Waals surface area contributed by atoms with Gasteiger partial charge in [0, 0.05) is 29.9 Å². The fourth-order valence-electron chi connectivity index (χ4n) is 3.99. The molecule has 0 bridgehead atoms. The SMILES string of the molecule is Cc1cc2c(cc1S(=O)(=O)N1CCCC(C(=O)Nc3cccc(Cl)c3C)C1)OCC(=O)N2. The molecule has 1 saturated heterocycles. The maximum atomic E-state index is 13.4. The smallest absolute Gasteiger partial charge is 0.262 e. The summed E-state index contributed by atoms with van der Waals surface area (Å²) in [6.07, 6.45) is 1.16. The third-order valence-corrected chi connectivity index (χ3v) is 8.22. The van der Waals surface area contributed by atoms with Gasteiger partial charge in [0.2, 0.25) is 15.9 Å². The molecule has 2 aliphatic rings. The minimum atomic E-state index is -3.85. The maximum absolute atomic E-state index is 13.4. The zero-order valence-corrected chi connectivity index (χ0v) is 19.3. The minimum Gasteiger partial charge on any atom is -0.482 e. The molecule has 1 atom stereocenters. The molecule has 32 heavy (non-hydrogen) atoms. The number of aryl methyl sites for hydroxylation is 1. The first-order valence-corrected chi connectivity index (χ1v) is 12.1. The van der Waals surface area contributed by atoms with Crippen molar-refractivity contribution < 1.29 is 22.7 Å². The number of ether oxygens (including phenoxy) is 1. The van der Waals surface area contributed by atoms with Gasteiger partial charge in [-0.2, -0.15) is 4.31 Å². The van der Waals surface area contributed by atoms with Gasteiger partial charge in [-0.25, -0.2) is 8.42 Å². The summed E-state index contributed by atoms with van der Waals surface area (Å²) in [5.41, 5.74) is 2.33. The molecule has 2 N–H and O–H groups in total. The molecule has 0 radical (unpaired) electrons. The van der Waals surface area contributed by atoms with Crippen LogP contribution in [0.15, 0.2) is 35.2 Å². The summed E-state index contributed by atoms with van der Waals surface area (Å²) in [5.74, 6) is -0.683. The van der Waals surface area contributed by atoms with Gasteiger partial charge in [0.25, 0.3) is 5.91 Å². The average molecular weight is 478 g/mol. The highest BCUT2D eigenvalue weighted by Crippen LogP contribution is 2.35. The van der Waals surface area contributed by atoms with Crippen molar-refractivity contribution in [3.63, 3.8) is 0 Å². The number of halogens is 1. The molecule has 4 rings (SSSR count). The van der Waals surface area contributed by atoms with Gasteiger partial charge in [0.1, 0.15) is 5.75 Å². The molecule has 10 heteroatoms. The van der Waals surface area contributed by atoms with Gasteiger partial charge in [0.15, 0.2) is 6.61 Å². The summed E-state index contributed by atoms with van der Waals surface area (Å²) in [5, 5.41) is 6.11. The fourth-order valence-corrected chi connectivity index (χ4v) is 5.91. The van der Waals surface area contributed by atoms with Crippen LogP contribution in [0.2, 0.25) is 5.02 Å². The van der Waals surface area contributed by atoms with Crippen molar-refractivity contribution in [1.82, 2.24) is 4.31 Å². The summed E-state index contributed by atoms with van der Waals surface area (Å²) in [4.78, 5) is 24.5. The number of fused-ring (bicyclic) bond motifs is 1. The number of nitrogens with one attached hydrogen (secondary N) is 2. The van der Waals surface area contributed by atoms with Crippen LogP contribution in [0, 0.1) is 19.8 Å². The molecule has 8 nitrogen and oxygen atoms in total. The van der Waals surface area contributed by atoms with Gasteiger partial charge in [-0.1, -0.05) is 17.7 Å². The summed E-state index contributed by atoms with van der Waals surface area (Å²) in [6.45, 7) is 3.74. The Hall–Kier alpha value is -2.62. The van der Waals surface area contributed by atoms with Crippen molar-refractivity contribution in [2.75, 3.05) is 30.3 Å². The van der Waals surface area contributed by atoms with E-state index in [-0.39, 0.29) is 29.9 Å². The molecule has 0 aliphatic carbocycles. The number of nitrogens with zero attached hydrogens (tertiary/aromatic N) is 1. The monoisotopic (exact) mass is 477 g/mol. The van der Waals surface area contributed by atoms with Crippen molar-refractivity contribution >= 4 is 44.8 Å². The van der Waals surface area contributed by atoms with Gasteiger partial charge in [-0.05, 0) is 56.0 Å². The van der Waals surface area contributed by atoms with E-state index in [0.29, 0.717) is 47.1 Å². The first-order valence-electron chi connectivity index (χ1n) is 10.3. The predicted molar refractivity (Wildman–Crippen MR) is 122 cm³/mol. The summed E-state index contributed by atoms with van der Waals surface area (Å²) in [7, 11) is -3.85. The molecule has 2 amide bonds. The van der Waals surface area contributed by atoms with Crippen LogP contribution in [-0.2, 0) is 19.6 Å². The van der Waals surface area contributed by atoms with E-state index >= 15 is 0 Å². The standard InChI is InChI=1S/C22H24ClN3O5S/c1-13-9-18-19(31-12-21(27)24-18)10-20(13)32(29,30)26-8-4-5-15(11-26)22(28)25-17-7-3-6-16(23)14(17)2/h3,6-7,9-10,15H,4-5,8,11-12H2,1-2H3,(H,24,27)(H,25,28). The van der Waals surface area contributed by atoms with E-state index in [1.54, 1.807) is 31.2 Å². The second-order valence-electron chi connectivity index (χ2n) is 8.05. The third kappa shape index (κ3) is 4.32. The number of hydrogen-bond acceptors (Lipinski definition) is 5. The predicted octanol–water partition coefficient (Wildman–Crippen LogP) is 3.33. The number of carbonyl (C=O) groups is 2. The van der Waals surface area contributed by atoms with E-state index in [2.05, 4.69) is 10.6 Å². The number of benzene rings is 2. The molecule has 2 aliphatic heterocycles. The highest BCUT2D eigenvalue weighted by molar-refractivity contribution is 7.89. The first-order chi connectivity index (χ1) is 15.2. The highest BCUT2D eigenvalue weighted by atomic mass is 35.5. The molecule has 0 aromatic heterocycles. The van der Waals surface area contributed by atoms with Crippen LogP contribution >= 0.6 is 11.6 Å². The van der Waals surface area contributed by atoms with Crippen LogP contribution in [0.4, 0.5) is 11.4 Å². The average Bonchev–Trinajstić information content (AvgIpc) is 2.76. The Balaban J connectivity index is 1.54. The Morgan fingerprint density at radius 2 is 2.06 bits per heavy atom. The molecule has 2 heterocycles. The van der Waals surface area contributed by atoms with Crippen LogP contribution < -0.4 is 15.4 Å². The Morgan fingerprint density at radius 1 is 1.28 bits per heavy atom. The van der Waals surface area contributed by atoms with E-state index < -0.39 is 15.9 Å². The van der Waals surface area contributed by atoms with Crippen LogP contribution in [0.3, 0.4) is 0 Å². The van der Waals surface area contributed by atoms with Gasteiger partial charge >= 0.3 is 0 Å². The summed E-state index contributed by atoms with van der Waals surface area (Å²) < 4.78 is 33.6. The van der Waals surface area contributed by atoms with E-state index in [4.69, 9.17) is 16.3 Å². The molecule has 0 saturated carbocycles.